The third-order valence-electron chi connectivity index (χ3n) is 4.96. The summed E-state index contributed by atoms with van der Waals surface area (Å²) in [5.74, 6) is 0.439. The van der Waals surface area contributed by atoms with E-state index in [4.69, 9.17) is 10.8 Å². The minimum atomic E-state index is 0.439. The summed E-state index contributed by atoms with van der Waals surface area (Å²) in [5, 5.41) is 18.9. The molecule has 0 aliphatic carbocycles. The number of benzene rings is 1. The monoisotopic (exact) mass is 360 g/mol. The zero-order valence-electron chi connectivity index (χ0n) is 14.8. The molecule has 3 aromatic heterocycles. The zero-order chi connectivity index (χ0) is 18.2. The van der Waals surface area contributed by atoms with Gasteiger partial charge in [0.25, 0.3) is 0 Å². The van der Waals surface area contributed by atoms with E-state index < -0.39 is 0 Å². The predicted molar refractivity (Wildman–Crippen MR) is 102 cm³/mol. The van der Waals surface area contributed by atoms with Crippen molar-refractivity contribution in [1.82, 2.24) is 35.5 Å². The van der Waals surface area contributed by atoms with Crippen molar-refractivity contribution in [2.75, 3.05) is 12.3 Å². The fraction of sp³-hybridized carbons (Fsp3) is 0.263. The zero-order valence-corrected chi connectivity index (χ0v) is 14.8. The van der Waals surface area contributed by atoms with Crippen LogP contribution >= 0.6 is 0 Å². The molecular weight excluding hydrogens is 340 g/mol. The molecule has 27 heavy (non-hydrogen) atoms. The van der Waals surface area contributed by atoms with Gasteiger partial charge < -0.3 is 11.1 Å². The Morgan fingerprint density at radius 1 is 1.11 bits per heavy atom. The van der Waals surface area contributed by atoms with E-state index in [9.17, 15) is 0 Å². The molecule has 0 spiro atoms. The highest BCUT2D eigenvalue weighted by molar-refractivity contribution is 5.75. The Bertz CT molecular complexity index is 1110. The number of nitrogens with one attached hydrogen (secondary N) is 2. The van der Waals surface area contributed by atoms with Gasteiger partial charge in [0.1, 0.15) is 11.3 Å². The van der Waals surface area contributed by atoms with Gasteiger partial charge in [-0.15, -0.1) is 5.10 Å². The SMILES string of the molecule is Nc1cc(Cc2ccn(Cc3ccc4c(c3)CCNC4)n2)c2n[nH]nc2n1. The fourth-order valence-electron chi connectivity index (χ4n) is 3.65. The first-order valence-corrected chi connectivity index (χ1v) is 9.04. The van der Waals surface area contributed by atoms with Gasteiger partial charge >= 0.3 is 0 Å². The van der Waals surface area contributed by atoms with Crippen LogP contribution in [0.2, 0.25) is 0 Å². The summed E-state index contributed by atoms with van der Waals surface area (Å²) in [6, 6.07) is 10.6. The number of nitrogens with zero attached hydrogens (tertiary/aromatic N) is 5. The molecule has 8 heteroatoms. The quantitative estimate of drug-likeness (QED) is 0.508. The lowest BCUT2D eigenvalue weighted by atomic mass is 9.98. The van der Waals surface area contributed by atoms with Gasteiger partial charge in [-0.05, 0) is 47.4 Å². The van der Waals surface area contributed by atoms with Gasteiger partial charge in [0, 0.05) is 19.2 Å². The standard InChI is InChI=1S/C19H20N8/c20-17-9-15(18-19(22-17)24-26-23-18)8-16-4-6-27(25-16)11-12-1-2-14-10-21-5-3-13(14)7-12/h1-2,4,6-7,9,21H,3,5,8,10-11H2,(H3,20,22,23,24,26). The van der Waals surface area contributed by atoms with Gasteiger partial charge in [0.2, 0.25) is 5.65 Å². The Labute approximate surface area is 155 Å². The van der Waals surface area contributed by atoms with Crippen LogP contribution in [-0.2, 0) is 25.9 Å². The number of aromatic nitrogens is 6. The van der Waals surface area contributed by atoms with Crippen LogP contribution in [0.25, 0.3) is 11.2 Å². The molecule has 5 rings (SSSR count). The lowest BCUT2D eigenvalue weighted by molar-refractivity contribution is 0.638. The van der Waals surface area contributed by atoms with Crippen LogP contribution in [0.15, 0.2) is 36.5 Å². The second-order valence-corrected chi connectivity index (χ2v) is 6.91. The number of anilines is 1. The second kappa shape index (κ2) is 6.48. The maximum atomic E-state index is 5.88. The van der Waals surface area contributed by atoms with E-state index in [0.717, 1.165) is 42.8 Å². The van der Waals surface area contributed by atoms with Crippen molar-refractivity contribution in [3.63, 3.8) is 0 Å². The van der Waals surface area contributed by atoms with Crippen LogP contribution in [0, 0.1) is 0 Å². The molecule has 1 aromatic carbocycles. The highest BCUT2D eigenvalue weighted by Crippen LogP contribution is 2.19. The van der Waals surface area contributed by atoms with Crippen LogP contribution in [0.3, 0.4) is 0 Å². The van der Waals surface area contributed by atoms with Crippen LogP contribution in [0.5, 0.6) is 0 Å². The van der Waals surface area contributed by atoms with Crippen molar-refractivity contribution < 1.29 is 0 Å². The van der Waals surface area contributed by atoms with Crippen molar-refractivity contribution in [2.45, 2.75) is 25.9 Å². The van der Waals surface area contributed by atoms with Crippen molar-refractivity contribution in [3.8, 4) is 0 Å². The molecule has 0 unspecified atom stereocenters. The third kappa shape index (κ3) is 3.15. The van der Waals surface area contributed by atoms with Crippen molar-refractivity contribution in [1.29, 1.82) is 0 Å². The van der Waals surface area contributed by atoms with Crippen molar-refractivity contribution >= 4 is 17.0 Å². The van der Waals surface area contributed by atoms with Crippen LogP contribution < -0.4 is 11.1 Å². The number of H-pyrrole nitrogens is 1. The average Bonchev–Trinajstić information content (AvgIpc) is 3.31. The highest BCUT2D eigenvalue weighted by Gasteiger charge is 2.12. The number of rotatable bonds is 4. The molecule has 1 aliphatic heterocycles. The molecule has 0 fully saturated rings. The van der Waals surface area contributed by atoms with Crippen LogP contribution in [-0.4, -0.2) is 36.7 Å². The molecule has 0 radical (unpaired) electrons. The number of pyridine rings is 1. The van der Waals surface area contributed by atoms with E-state index in [1.54, 1.807) is 0 Å². The minimum absolute atomic E-state index is 0.439. The maximum Gasteiger partial charge on any atom is 0.203 e. The molecule has 4 aromatic rings. The number of nitrogens with two attached hydrogens (primary N) is 1. The van der Waals surface area contributed by atoms with Gasteiger partial charge in [-0.25, -0.2) is 4.98 Å². The van der Waals surface area contributed by atoms with Crippen molar-refractivity contribution in [3.05, 3.63) is 64.5 Å². The molecule has 0 bridgehead atoms. The first-order chi connectivity index (χ1) is 13.2. The van der Waals surface area contributed by atoms with E-state index in [1.165, 1.54) is 16.7 Å². The number of hydrogen-bond acceptors (Lipinski definition) is 6. The predicted octanol–water partition coefficient (Wildman–Crippen LogP) is 1.42. The van der Waals surface area contributed by atoms with Gasteiger partial charge in [-0.1, -0.05) is 18.2 Å². The fourth-order valence-corrected chi connectivity index (χ4v) is 3.65. The lowest BCUT2D eigenvalue weighted by Crippen LogP contribution is -2.23. The summed E-state index contributed by atoms with van der Waals surface area (Å²) < 4.78 is 1.97. The van der Waals surface area contributed by atoms with Gasteiger partial charge in [0.15, 0.2) is 0 Å². The topological polar surface area (TPSA) is 110 Å². The molecule has 0 saturated carbocycles. The first-order valence-electron chi connectivity index (χ1n) is 9.04. The molecule has 136 valence electrons. The molecule has 4 N–H and O–H groups in total. The van der Waals surface area contributed by atoms with Gasteiger partial charge in [0.05, 0.1) is 12.2 Å². The average molecular weight is 360 g/mol. The van der Waals surface area contributed by atoms with E-state index in [-0.39, 0.29) is 0 Å². The summed E-state index contributed by atoms with van der Waals surface area (Å²) in [6.07, 6.45) is 3.74. The normalized spacial score (nSPS) is 13.8. The molecule has 0 atom stereocenters. The molecule has 8 nitrogen and oxygen atoms in total. The smallest absolute Gasteiger partial charge is 0.203 e. The molecular formula is C19H20N8. The van der Waals surface area contributed by atoms with Gasteiger partial charge in [-0.3, -0.25) is 4.68 Å². The first kappa shape index (κ1) is 16.0. The Morgan fingerprint density at radius 2 is 2.07 bits per heavy atom. The largest absolute Gasteiger partial charge is 0.384 e. The highest BCUT2D eigenvalue weighted by atomic mass is 15.3. The van der Waals surface area contributed by atoms with Crippen LogP contribution in [0.4, 0.5) is 5.82 Å². The molecule has 4 heterocycles. The van der Waals surface area contributed by atoms with E-state index >= 15 is 0 Å². The molecule has 1 aliphatic rings. The molecule has 0 saturated heterocycles. The Balaban J connectivity index is 1.36. The van der Waals surface area contributed by atoms with Crippen LogP contribution in [0.1, 0.15) is 27.9 Å². The number of fused-ring (bicyclic) bond motifs is 2. The van der Waals surface area contributed by atoms with E-state index in [2.05, 4.69) is 43.9 Å². The summed E-state index contributed by atoms with van der Waals surface area (Å²) >= 11 is 0. The minimum Gasteiger partial charge on any atom is -0.384 e. The second-order valence-electron chi connectivity index (χ2n) is 6.91. The van der Waals surface area contributed by atoms with E-state index in [1.807, 2.05) is 23.0 Å². The number of nitrogen functional groups attached to an aromatic ring is 1. The summed E-state index contributed by atoms with van der Waals surface area (Å²) in [7, 11) is 0. The van der Waals surface area contributed by atoms with Crippen molar-refractivity contribution in [2.24, 2.45) is 0 Å². The Hall–Kier alpha value is -3.26. The number of hydrogen-bond donors (Lipinski definition) is 3. The maximum absolute atomic E-state index is 5.88. The number of aromatic amines is 1. The Morgan fingerprint density at radius 3 is 3.04 bits per heavy atom. The lowest BCUT2D eigenvalue weighted by Gasteiger charge is -2.17. The van der Waals surface area contributed by atoms with E-state index in [0.29, 0.717) is 17.9 Å². The summed E-state index contributed by atoms with van der Waals surface area (Å²) in [5.41, 5.74) is 13.2. The van der Waals surface area contributed by atoms with Gasteiger partial charge in [-0.2, -0.15) is 15.4 Å². The summed E-state index contributed by atoms with van der Waals surface area (Å²) in [4.78, 5) is 4.18. The third-order valence-corrected chi connectivity index (χ3v) is 4.96. The Kier molecular flexibility index (Phi) is 3.83. The summed E-state index contributed by atoms with van der Waals surface area (Å²) in [6.45, 7) is 2.78. The molecule has 0 amide bonds.